The highest BCUT2D eigenvalue weighted by Gasteiger charge is 2.39. The van der Waals surface area contributed by atoms with E-state index in [1.807, 2.05) is 6.92 Å². The molecule has 0 aliphatic carbocycles. The van der Waals surface area contributed by atoms with Gasteiger partial charge in [-0.1, -0.05) is 18.6 Å². The molecule has 212 valence electrons. The number of nitrogens with zero attached hydrogens (tertiary/aromatic N) is 2. The molecule has 0 spiro atoms. The summed E-state index contributed by atoms with van der Waals surface area (Å²) in [5, 5.41) is 13.5. The summed E-state index contributed by atoms with van der Waals surface area (Å²) in [6, 6.07) is 7.36. The molecule has 2 aromatic rings. The van der Waals surface area contributed by atoms with Crippen LogP contribution >= 0.6 is 0 Å². The van der Waals surface area contributed by atoms with E-state index in [1.54, 1.807) is 11.0 Å². The standard InChI is InChI=1S/C30H39F2N3O4/c1-30(18-38-19-30)39-17-22-8-10-23(31)15-25(22)27(29(36)37)35-14-12-21(16-35)26(32)7-3-2-6-24-11-9-20-5-4-13-33-28(20)34-24/h8-11,15,21,26-27H,2-7,12-14,16-19H2,1H3,(H,33,34)(H,36,37)/t21-,26?,27?/m1/s1. The number of aliphatic carboxylic acids is 1. The van der Waals surface area contributed by atoms with Gasteiger partial charge in [-0.2, -0.15) is 0 Å². The highest BCUT2D eigenvalue weighted by molar-refractivity contribution is 5.76. The molecule has 1 aromatic heterocycles. The monoisotopic (exact) mass is 543 g/mol. The molecule has 0 bridgehead atoms. The molecule has 1 aromatic carbocycles. The number of hydrogen-bond acceptors (Lipinski definition) is 6. The number of hydrogen-bond donors (Lipinski definition) is 2. The smallest absolute Gasteiger partial charge is 0.325 e. The Morgan fingerprint density at radius 1 is 1.31 bits per heavy atom. The summed E-state index contributed by atoms with van der Waals surface area (Å²) in [6.07, 6.45) is 4.63. The summed E-state index contributed by atoms with van der Waals surface area (Å²) in [5.74, 6) is -0.817. The maximum Gasteiger partial charge on any atom is 0.325 e. The first-order valence-electron chi connectivity index (χ1n) is 14.1. The Morgan fingerprint density at radius 3 is 2.92 bits per heavy atom. The topological polar surface area (TPSA) is 83.9 Å². The second kappa shape index (κ2) is 12.3. The lowest BCUT2D eigenvalue weighted by Gasteiger charge is -2.38. The minimum absolute atomic E-state index is 0.164. The Morgan fingerprint density at radius 2 is 2.15 bits per heavy atom. The maximum atomic E-state index is 15.2. The fraction of sp³-hybridized carbons (Fsp3) is 0.600. The van der Waals surface area contributed by atoms with Gasteiger partial charge in [-0.3, -0.25) is 9.69 Å². The van der Waals surface area contributed by atoms with Crippen molar-refractivity contribution < 1.29 is 28.2 Å². The van der Waals surface area contributed by atoms with Crippen molar-refractivity contribution in [2.75, 3.05) is 38.2 Å². The second-order valence-electron chi connectivity index (χ2n) is 11.5. The average molecular weight is 544 g/mol. The number of ether oxygens (including phenoxy) is 2. The number of carboxylic acids is 1. The van der Waals surface area contributed by atoms with Gasteiger partial charge in [0.05, 0.1) is 19.8 Å². The summed E-state index contributed by atoms with van der Waals surface area (Å²) in [4.78, 5) is 18.9. The Hall–Kier alpha value is -2.62. The number of halogens is 2. The van der Waals surface area contributed by atoms with Gasteiger partial charge in [-0.05, 0) is 86.9 Å². The Bertz CT molecular complexity index is 1160. The number of unbranched alkanes of at least 4 members (excludes halogenated alkanes) is 1. The number of benzene rings is 1. The van der Waals surface area contributed by atoms with Gasteiger partial charge in [0.25, 0.3) is 0 Å². The van der Waals surface area contributed by atoms with E-state index in [1.165, 1.54) is 17.7 Å². The van der Waals surface area contributed by atoms with Crippen molar-refractivity contribution in [2.24, 2.45) is 5.92 Å². The van der Waals surface area contributed by atoms with Gasteiger partial charge in [0, 0.05) is 24.7 Å². The van der Waals surface area contributed by atoms with Gasteiger partial charge >= 0.3 is 5.97 Å². The normalized spacial score (nSPS) is 22.0. The number of carboxylic acid groups (broad SMARTS) is 1. The predicted molar refractivity (Wildman–Crippen MR) is 144 cm³/mol. The lowest BCUT2D eigenvalue weighted by molar-refractivity contribution is -0.204. The highest BCUT2D eigenvalue weighted by atomic mass is 19.1. The van der Waals surface area contributed by atoms with Crippen LogP contribution in [0.5, 0.6) is 0 Å². The molecule has 2 unspecified atom stereocenters. The Labute approximate surface area is 228 Å². The highest BCUT2D eigenvalue weighted by Crippen LogP contribution is 2.35. The van der Waals surface area contributed by atoms with Crippen molar-refractivity contribution in [3.63, 3.8) is 0 Å². The SMILES string of the molecule is CC1(OCc2ccc(F)cc2C(C(=O)O)N2CC[C@@H](C(F)CCCCc3ccc4c(n3)NCCC4)C2)COC1. The summed E-state index contributed by atoms with van der Waals surface area (Å²) in [7, 11) is 0. The molecule has 3 aliphatic rings. The van der Waals surface area contributed by atoms with Crippen molar-refractivity contribution >= 4 is 11.8 Å². The van der Waals surface area contributed by atoms with E-state index in [0.717, 1.165) is 50.2 Å². The van der Waals surface area contributed by atoms with Crippen LogP contribution in [-0.4, -0.2) is 65.6 Å². The van der Waals surface area contributed by atoms with E-state index >= 15 is 4.39 Å². The predicted octanol–water partition coefficient (Wildman–Crippen LogP) is 5.08. The third-order valence-corrected chi connectivity index (χ3v) is 8.27. The zero-order valence-electron chi connectivity index (χ0n) is 22.6. The molecule has 2 N–H and O–H groups in total. The van der Waals surface area contributed by atoms with Crippen LogP contribution in [0.15, 0.2) is 30.3 Å². The first-order chi connectivity index (χ1) is 18.8. The van der Waals surface area contributed by atoms with Gasteiger partial charge in [-0.25, -0.2) is 13.8 Å². The van der Waals surface area contributed by atoms with Crippen LogP contribution in [0.25, 0.3) is 0 Å². The van der Waals surface area contributed by atoms with Gasteiger partial charge < -0.3 is 19.9 Å². The summed E-state index contributed by atoms with van der Waals surface area (Å²) >= 11 is 0. The quantitative estimate of drug-likeness (QED) is 0.361. The van der Waals surface area contributed by atoms with E-state index in [4.69, 9.17) is 14.5 Å². The molecule has 5 rings (SSSR count). The summed E-state index contributed by atoms with van der Waals surface area (Å²) in [5.41, 5.74) is 2.87. The fourth-order valence-corrected chi connectivity index (χ4v) is 5.90. The molecule has 4 heterocycles. The molecule has 9 heteroatoms. The molecule has 2 saturated heterocycles. The number of carbonyl (C=O) groups is 1. The van der Waals surface area contributed by atoms with Crippen LogP contribution in [0.4, 0.5) is 14.6 Å². The molecule has 2 fully saturated rings. The van der Waals surface area contributed by atoms with Gasteiger partial charge in [0.15, 0.2) is 0 Å². The minimum atomic E-state index is -1.07. The molecular formula is C30H39F2N3O4. The number of alkyl halides is 1. The van der Waals surface area contributed by atoms with Crippen LogP contribution in [0.1, 0.15) is 67.5 Å². The van der Waals surface area contributed by atoms with Crippen molar-refractivity contribution in [1.29, 1.82) is 0 Å². The number of anilines is 1. The zero-order chi connectivity index (χ0) is 27.4. The molecule has 3 atom stereocenters. The average Bonchev–Trinajstić information content (AvgIpc) is 3.39. The number of nitrogens with one attached hydrogen (secondary N) is 1. The van der Waals surface area contributed by atoms with Gasteiger partial charge in [0.2, 0.25) is 0 Å². The van der Waals surface area contributed by atoms with E-state index in [0.29, 0.717) is 50.3 Å². The largest absolute Gasteiger partial charge is 0.480 e. The number of pyridine rings is 1. The Kier molecular flexibility index (Phi) is 8.79. The van der Waals surface area contributed by atoms with E-state index in [2.05, 4.69) is 17.4 Å². The number of aryl methyl sites for hydroxylation is 2. The third kappa shape index (κ3) is 6.76. The van der Waals surface area contributed by atoms with Crippen LogP contribution in [0.2, 0.25) is 0 Å². The second-order valence-corrected chi connectivity index (χ2v) is 11.5. The van der Waals surface area contributed by atoms with Crippen molar-refractivity contribution in [3.8, 4) is 0 Å². The lowest BCUT2D eigenvalue weighted by atomic mass is 9.96. The van der Waals surface area contributed by atoms with Crippen LogP contribution in [0, 0.1) is 11.7 Å². The summed E-state index contributed by atoms with van der Waals surface area (Å²) in [6.45, 7) is 4.78. The molecule has 7 nitrogen and oxygen atoms in total. The van der Waals surface area contributed by atoms with E-state index in [-0.39, 0.29) is 12.5 Å². The minimum Gasteiger partial charge on any atom is -0.480 e. The molecule has 39 heavy (non-hydrogen) atoms. The van der Waals surface area contributed by atoms with Crippen molar-refractivity contribution in [3.05, 3.63) is 58.5 Å². The maximum absolute atomic E-state index is 15.2. The zero-order valence-corrected chi connectivity index (χ0v) is 22.6. The van der Waals surface area contributed by atoms with Crippen molar-refractivity contribution in [1.82, 2.24) is 9.88 Å². The fourth-order valence-electron chi connectivity index (χ4n) is 5.90. The van der Waals surface area contributed by atoms with Crippen LogP contribution in [-0.2, 0) is 33.7 Å². The first-order valence-corrected chi connectivity index (χ1v) is 14.1. The third-order valence-electron chi connectivity index (χ3n) is 8.27. The number of fused-ring (bicyclic) bond motifs is 1. The van der Waals surface area contributed by atoms with Crippen LogP contribution in [0.3, 0.4) is 0 Å². The molecular weight excluding hydrogens is 504 g/mol. The molecule has 0 saturated carbocycles. The van der Waals surface area contributed by atoms with Gasteiger partial charge in [-0.15, -0.1) is 0 Å². The number of aromatic nitrogens is 1. The van der Waals surface area contributed by atoms with E-state index in [9.17, 15) is 14.3 Å². The summed E-state index contributed by atoms with van der Waals surface area (Å²) < 4.78 is 40.7. The van der Waals surface area contributed by atoms with Gasteiger partial charge in [0.1, 0.15) is 29.4 Å². The van der Waals surface area contributed by atoms with Crippen molar-refractivity contribution in [2.45, 2.75) is 76.3 Å². The first kappa shape index (κ1) is 27.9. The molecule has 3 aliphatic heterocycles. The Balaban J connectivity index is 1.15. The van der Waals surface area contributed by atoms with Crippen LogP contribution < -0.4 is 5.32 Å². The molecule has 0 radical (unpaired) electrons. The number of rotatable bonds is 12. The number of likely N-dealkylation sites (tertiary alicyclic amines) is 1. The lowest BCUT2D eigenvalue weighted by Crippen LogP contribution is -2.49. The molecule has 0 amide bonds. The van der Waals surface area contributed by atoms with E-state index < -0.39 is 29.6 Å².